The highest BCUT2D eigenvalue weighted by Crippen LogP contribution is 2.57. The summed E-state index contributed by atoms with van der Waals surface area (Å²) in [5.41, 5.74) is -0.442. The number of carbonyl (C=O) groups excluding carboxylic acids is 1. The Labute approximate surface area is 125 Å². The monoisotopic (exact) mass is 308 g/mol. The molecule has 0 aromatic heterocycles. The van der Waals surface area contributed by atoms with Crippen molar-refractivity contribution in [1.82, 2.24) is 0 Å². The van der Waals surface area contributed by atoms with E-state index in [0.29, 0.717) is 43.4 Å². The predicted octanol–water partition coefficient (Wildman–Crippen LogP) is 2.73. The van der Waals surface area contributed by atoms with Gasteiger partial charge < -0.3 is 4.74 Å². The molecule has 3 aliphatic rings. The summed E-state index contributed by atoms with van der Waals surface area (Å²) in [5.74, 6) is -0.173. The van der Waals surface area contributed by atoms with E-state index in [0.717, 1.165) is 0 Å². The second-order valence-corrected chi connectivity index (χ2v) is 8.62. The minimum absolute atomic E-state index is 0.173. The van der Waals surface area contributed by atoms with E-state index in [1.807, 2.05) is 6.07 Å². The lowest BCUT2D eigenvalue weighted by Crippen LogP contribution is -2.53. The van der Waals surface area contributed by atoms with Crippen molar-refractivity contribution in [3.8, 4) is 0 Å². The number of sulfone groups is 1. The fraction of sp³-hybridized carbons (Fsp3) is 0.562. The van der Waals surface area contributed by atoms with Gasteiger partial charge in [-0.15, -0.1) is 0 Å². The van der Waals surface area contributed by atoms with Crippen molar-refractivity contribution in [3.05, 3.63) is 30.3 Å². The van der Waals surface area contributed by atoms with Crippen LogP contribution in [-0.4, -0.2) is 26.2 Å². The van der Waals surface area contributed by atoms with Gasteiger partial charge >= 0.3 is 5.97 Å². The van der Waals surface area contributed by atoms with Crippen molar-refractivity contribution < 1.29 is 17.9 Å². The fourth-order valence-corrected chi connectivity index (χ4v) is 6.05. The summed E-state index contributed by atoms with van der Waals surface area (Å²) in [7, 11) is -1.94. The van der Waals surface area contributed by atoms with Gasteiger partial charge in [0.15, 0.2) is 9.84 Å². The van der Waals surface area contributed by atoms with Gasteiger partial charge in [-0.3, -0.25) is 4.79 Å². The quantitative estimate of drug-likeness (QED) is 0.806. The van der Waals surface area contributed by atoms with E-state index in [-0.39, 0.29) is 5.97 Å². The van der Waals surface area contributed by atoms with Crippen LogP contribution in [0.25, 0.3) is 0 Å². The number of esters is 1. The van der Waals surface area contributed by atoms with Crippen molar-refractivity contribution >= 4 is 15.8 Å². The summed E-state index contributed by atoms with van der Waals surface area (Å²) in [5, 5.41) is 0. The normalized spacial score (nSPS) is 31.9. The maximum atomic E-state index is 13.0. The first-order valence-corrected chi connectivity index (χ1v) is 8.82. The van der Waals surface area contributed by atoms with Crippen molar-refractivity contribution in [3.63, 3.8) is 0 Å². The number of hydrogen-bond donors (Lipinski definition) is 0. The predicted molar refractivity (Wildman–Crippen MR) is 78.5 cm³/mol. The van der Waals surface area contributed by atoms with Crippen molar-refractivity contribution in [1.29, 1.82) is 0 Å². The number of carbonyl (C=O) groups is 1. The molecular weight excluding hydrogens is 288 g/mol. The zero-order valence-electron chi connectivity index (χ0n) is 12.2. The van der Waals surface area contributed by atoms with Gasteiger partial charge in [-0.2, -0.15) is 0 Å². The van der Waals surface area contributed by atoms with E-state index in [9.17, 15) is 13.2 Å². The van der Waals surface area contributed by atoms with Crippen LogP contribution < -0.4 is 0 Å². The largest absolute Gasteiger partial charge is 0.469 e. The van der Waals surface area contributed by atoms with Crippen LogP contribution in [0.15, 0.2) is 35.2 Å². The van der Waals surface area contributed by atoms with E-state index >= 15 is 0 Å². The third-order valence-corrected chi connectivity index (χ3v) is 8.06. The van der Waals surface area contributed by atoms with E-state index in [1.165, 1.54) is 7.11 Å². The molecule has 0 saturated heterocycles. The van der Waals surface area contributed by atoms with Gasteiger partial charge in [0.2, 0.25) is 0 Å². The molecule has 21 heavy (non-hydrogen) atoms. The molecular formula is C16H20O4S. The summed E-state index contributed by atoms with van der Waals surface area (Å²) in [6, 6.07) is 8.67. The molecule has 3 fully saturated rings. The van der Waals surface area contributed by atoms with E-state index in [1.54, 1.807) is 24.3 Å². The molecule has 4 rings (SSSR count). The van der Waals surface area contributed by atoms with Crippen molar-refractivity contribution in [2.45, 2.75) is 48.2 Å². The van der Waals surface area contributed by atoms with Gasteiger partial charge in [-0.05, 0) is 50.7 Å². The molecule has 0 spiro atoms. The number of hydrogen-bond acceptors (Lipinski definition) is 4. The Bertz CT molecular complexity index is 624. The smallest absolute Gasteiger partial charge is 0.311 e. The minimum Gasteiger partial charge on any atom is -0.469 e. The molecule has 0 aliphatic heterocycles. The van der Waals surface area contributed by atoms with Crippen LogP contribution in [0.1, 0.15) is 38.5 Å². The van der Waals surface area contributed by atoms with Crippen LogP contribution in [0, 0.1) is 5.41 Å². The highest BCUT2D eigenvalue weighted by molar-refractivity contribution is 7.92. The Morgan fingerprint density at radius 1 is 1.00 bits per heavy atom. The maximum Gasteiger partial charge on any atom is 0.311 e. The van der Waals surface area contributed by atoms with Crippen LogP contribution >= 0.6 is 0 Å². The molecule has 4 nitrogen and oxygen atoms in total. The van der Waals surface area contributed by atoms with Crippen LogP contribution in [0.2, 0.25) is 0 Å². The third kappa shape index (κ3) is 2.01. The molecule has 3 saturated carbocycles. The Morgan fingerprint density at radius 3 is 2.00 bits per heavy atom. The molecule has 114 valence electrons. The third-order valence-electron chi connectivity index (χ3n) is 5.42. The van der Waals surface area contributed by atoms with E-state index < -0.39 is 20.0 Å². The molecule has 1 aromatic carbocycles. The lowest BCUT2D eigenvalue weighted by molar-refractivity contribution is -0.158. The second kappa shape index (κ2) is 4.83. The van der Waals surface area contributed by atoms with Gasteiger partial charge in [-0.25, -0.2) is 8.42 Å². The molecule has 1 aromatic rings. The molecule has 0 unspecified atom stereocenters. The molecule has 0 heterocycles. The number of methoxy groups -OCH3 is 1. The van der Waals surface area contributed by atoms with Gasteiger partial charge in [-0.1, -0.05) is 18.2 Å². The molecule has 5 heteroatoms. The average Bonchev–Trinajstić information content (AvgIpc) is 2.56. The standard InChI is InChI=1S/C16H20O4S/c1-20-14(17)15-7-10-16(11-8-15,12-9-15)21(18,19)13-5-3-2-4-6-13/h2-6H,7-12H2,1H3. The topological polar surface area (TPSA) is 60.4 Å². The summed E-state index contributed by atoms with van der Waals surface area (Å²) in [4.78, 5) is 12.4. The highest BCUT2D eigenvalue weighted by Gasteiger charge is 2.58. The average molecular weight is 308 g/mol. The first kappa shape index (κ1) is 14.6. The fourth-order valence-electron chi connectivity index (χ4n) is 3.93. The molecule has 2 bridgehead atoms. The molecule has 0 atom stereocenters. The SMILES string of the molecule is COC(=O)C12CCC(S(=O)(=O)c3ccccc3)(CC1)CC2. The van der Waals surface area contributed by atoms with E-state index in [4.69, 9.17) is 4.74 Å². The lowest BCUT2D eigenvalue weighted by Gasteiger charge is -2.50. The Balaban J connectivity index is 1.92. The van der Waals surface area contributed by atoms with Crippen molar-refractivity contribution in [2.75, 3.05) is 7.11 Å². The summed E-state index contributed by atoms with van der Waals surface area (Å²) < 4.78 is 30.2. The summed E-state index contributed by atoms with van der Waals surface area (Å²) in [6.07, 6.45) is 3.52. The number of benzene rings is 1. The van der Waals surface area contributed by atoms with Gasteiger partial charge in [0.25, 0.3) is 0 Å². The second-order valence-electron chi connectivity index (χ2n) is 6.27. The Kier molecular flexibility index (Phi) is 3.35. The first-order chi connectivity index (χ1) is 9.96. The molecule has 3 aliphatic carbocycles. The van der Waals surface area contributed by atoms with Gasteiger partial charge in [0.05, 0.1) is 22.2 Å². The Morgan fingerprint density at radius 2 is 1.52 bits per heavy atom. The van der Waals surface area contributed by atoms with E-state index in [2.05, 4.69) is 0 Å². The zero-order chi connectivity index (χ0) is 15.1. The van der Waals surface area contributed by atoms with Crippen LogP contribution in [-0.2, 0) is 19.4 Å². The Hall–Kier alpha value is -1.36. The first-order valence-electron chi connectivity index (χ1n) is 7.34. The lowest BCUT2D eigenvalue weighted by atomic mass is 9.60. The summed E-state index contributed by atoms with van der Waals surface area (Å²) >= 11 is 0. The molecule has 0 amide bonds. The van der Waals surface area contributed by atoms with Crippen molar-refractivity contribution in [2.24, 2.45) is 5.41 Å². The number of rotatable bonds is 3. The maximum absolute atomic E-state index is 13.0. The zero-order valence-corrected chi connectivity index (χ0v) is 13.0. The highest BCUT2D eigenvalue weighted by atomic mass is 32.2. The van der Waals surface area contributed by atoms with Crippen LogP contribution in [0.3, 0.4) is 0 Å². The number of fused-ring (bicyclic) bond motifs is 3. The molecule has 0 radical (unpaired) electrons. The summed E-state index contributed by atoms with van der Waals surface area (Å²) in [6.45, 7) is 0. The molecule has 0 N–H and O–H groups in total. The van der Waals surface area contributed by atoms with Crippen LogP contribution in [0.5, 0.6) is 0 Å². The van der Waals surface area contributed by atoms with Gasteiger partial charge in [0.1, 0.15) is 0 Å². The van der Waals surface area contributed by atoms with Gasteiger partial charge in [0, 0.05) is 0 Å². The number of ether oxygens (including phenoxy) is 1. The van der Waals surface area contributed by atoms with Crippen LogP contribution in [0.4, 0.5) is 0 Å². The minimum atomic E-state index is -3.35.